The number of aryl methyl sites for hydroxylation is 1. The molecule has 0 saturated carbocycles. The Morgan fingerprint density at radius 1 is 1.26 bits per heavy atom. The third-order valence-electron chi connectivity index (χ3n) is 7.02. The highest BCUT2D eigenvalue weighted by molar-refractivity contribution is 7.92. The van der Waals surface area contributed by atoms with Crippen molar-refractivity contribution in [3.05, 3.63) is 47.3 Å². The van der Waals surface area contributed by atoms with Crippen LogP contribution < -0.4 is 9.62 Å². The van der Waals surface area contributed by atoms with Gasteiger partial charge in [-0.05, 0) is 81.1 Å². The number of carbonyl (C=O) groups excluding carboxylic acids is 1. The van der Waals surface area contributed by atoms with Gasteiger partial charge in [-0.15, -0.1) is 0 Å². The molecule has 0 radical (unpaired) electrons. The van der Waals surface area contributed by atoms with E-state index in [9.17, 15) is 27.5 Å². The second-order valence-corrected chi connectivity index (χ2v) is 11.6. The Morgan fingerprint density at radius 3 is 2.59 bits per heavy atom. The van der Waals surface area contributed by atoms with Crippen LogP contribution >= 0.6 is 0 Å². The van der Waals surface area contributed by atoms with Gasteiger partial charge in [0, 0.05) is 19.2 Å². The Kier molecular flexibility index (Phi) is 8.55. The van der Waals surface area contributed by atoms with E-state index < -0.39 is 33.8 Å². The molecule has 1 fully saturated rings. The number of sulfonamides is 1. The lowest BCUT2D eigenvalue weighted by Gasteiger charge is -2.25. The summed E-state index contributed by atoms with van der Waals surface area (Å²) in [7, 11) is -2.23. The van der Waals surface area contributed by atoms with E-state index in [1.54, 1.807) is 6.07 Å². The van der Waals surface area contributed by atoms with Gasteiger partial charge in [-0.2, -0.15) is 4.98 Å². The fourth-order valence-electron chi connectivity index (χ4n) is 5.06. The number of halogens is 1. The molecule has 1 aliphatic rings. The van der Waals surface area contributed by atoms with E-state index in [4.69, 9.17) is 4.42 Å². The molecule has 4 rings (SSSR count). The number of fused-ring (bicyclic) bond motifs is 1. The predicted molar refractivity (Wildman–Crippen MR) is 146 cm³/mol. The third kappa shape index (κ3) is 6.06. The molecule has 0 bridgehead atoms. The zero-order valence-corrected chi connectivity index (χ0v) is 23.1. The summed E-state index contributed by atoms with van der Waals surface area (Å²) in [6, 6.07) is 6.75. The minimum absolute atomic E-state index is 0.0927. The maximum Gasteiger partial charge on any atom is 0.320 e. The number of carboxylic acid groups (broad SMARTS) is 1. The summed E-state index contributed by atoms with van der Waals surface area (Å²) in [5.41, 5.74) is 1.43. The van der Waals surface area contributed by atoms with Gasteiger partial charge in [-0.1, -0.05) is 6.92 Å². The van der Waals surface area contributed by atoms with Gasteiger partial charge < -0.3 is 14.8 Å². The number of anilines is 1. The molecule has 3 aromatic rings. The molecule has 2 N–H and O–H groups in total. The Hall–Kier alpha value is -3.51. The fraction of sp³-hybridized carbons (Fsp3) is 0.444. The van der Waals surface area contributed by atoms with Crippen LogP contribution in [0.3, 0.4) is 0 Å². The van der Waals surface area contributed by atoms with Crippen LogP contribution in [0.4, 0.5) is 10.2 Å². The van der Waals surface area contributed by atoms with Gasteiger partial charge in [-0.3, -0.25) is 18.8 Å². The molecule has 3 heterocycles. The lowest BCUT2D eigenvalue weighted by Crippen LogP contribution is -2.37. The second kappa shape index (κ2) is 11.7. The van der Waals surface area contributed by atoms with Crippen LogP contribution in [-0.2, 0) is 21.2 Å². The molecule has 2 aromatic heterocycles. The minimum Gasteiger partial charge on any atom is -0.480 e. The molecule has 1 amide bonds. The standard InChI is InChI=1S/C27H33FN4O6S/c1-4-17-16-20-22(25(33)29-2)23(18-9-11-19(28)12-10-18)38-26(20)30-24(17)32(39(3,36)37)15-6-5-13-31-14-7-8-21(31)27(34)35/h9-12,16,21H,4-8,13-15H2,1-3H3,(H,29,33)(H,34,35). The van der Waals surface area contributed by atoms with Gasteiger partial charge in [0.1, 0.15) is 23.4 Å². The predicted octanol–water partition coefficient (Wildman–Crippen LogP) is 3.65. The summed E-state index contributed by atoms with van der Waals surface area (Å²) >= 11 is 0. The number of likely N-dealkylation sites (tertiary alicyclic amines) is 1. The highest BCUT2D eigenvalue weighted by Crippen LogP contribution is 2.36. The molecule has 12 heteroatoms. The number of pyridine rings is 1. The van der Waals surface area contributed by atoms with Gasteiger partial charge in [0.05, 0.1) is 17.2 Å². The molecular weight excluding hydrogens is 527 g/mol. The minimum atomic E-state index is -3.72. The van der Waals surface area contributed by atoms with Crippen molar-refractivity contribution in [1.29, 1.82) is 0 Å². The van der Waals surface area contributed by atoms with Crippen LogP contribution in [-0.4, -0.2) is 74.3 Å². The highest BCUT2D eigenvalue weighted by atomic mass is 32.2. The van der Waals surface area contributed by atoms with Gasteiger partial charge in [0.15, 0.2) is 0 Å². The van der Waals surface area contributed by atoms with Gasteiger partial charge in [0.25, 0.3) is 5.91 Å². The number of aliphatic carboxylic acids is 1. The lowest BCUT2D eigenvalue weighted by atomic mass is 10.0. The fourth-order valence-corrected chi connectivity index (χ4v) is 5.99. The number of hydrogen-bond acceptors (Lipinski definition) is 7. The van der Waals surface area contributed by atoms with Crippen molar-refractivity contribution in [2.75, 3.05) is 37.2 Å². The molecule has 210 valence electrons. The molecule has 10 nitrogen and oxygen atoms in total. The number of amides is 1. The van der Waals surface area contributed by atoms with E-state index in [1.165, 1.54) is 35.6 Å². The van der Waals surface area contributed by atoms with E-state index in [0.717, 1.165) is 12.7 Å². The van der Waals surface area contributed by atoms with Crippen molar-refractivity contribution in [2.45, 2.75) is 45.1 Å². The molecule has 39 heavy (non-hydrogen) atoms. The average molecular weight is 561 g/mol. The third-order valence-corrected chi connectivity index (χ3v) is 8.18. The number of nitrogens with one attached hydrogen (secondary N) is 1. The first-order valence-electron chi connectivity index (χ1n) is 12.9. The SMILES string of the molecule is CCc1cc2c(C(=O)NC)c(-c3ccc(F)cc3)oc2nc1N(CCCCN1CCCC1C(=O)O)S(C)(=O)=O. The van der Waals surface area contributed by atoms with Gasteiger partial charge in [0.2, 0.25) is 15.7 Å². The second-order valence-electron chi connectivity index (χ2n) is 9.64. The molecule has 1 unspecified atom stereocenters. The molecule has 1 saturated heterocycles. The number of aromatic nitrogens is 1. The summed E-state index contributed by atoms with van der Waals surface area (Å²) in [4.78, 5) is 30.8. The van der Waals surface area contributed by atoms with Crippen molar-refractivity contribution >= 4 is 38.8 Å². The Bertz CT molecular complexity index is 1470. The summed E-state index contributed by atoms with van der Waals surface area (Å²) in [6.07, 6.45) is 4.13. The maximum absolute atomic E-state index is 13.5. The van der Waals surface area contributed by atoms with E-state index in [0.29, 0.717) is 55.3 Å². The summed E-state index contributed by atoms with van der Waals surface area (Å²) in [6.45, 7) is 3.31. The summed E-state index contributed by atoms with van der Waals surface area (Å²) < 4.78 is 46.5. The first-order valence-corrected chi connectivity index (χ1v) is 14.8. The van der Waals surface area contributed by atoms with Crippen LogP contribution in [0.15, 0.2) is 34.7 Å². The van der Waals surface area contributed by atoms with Crippen molar-refractivity contribution in [1.82, 2.24) is 15.2 Å². The smallest absolute Gasteiger partial charge is 0.320 e. The van der Waals surface area contributed by atoms with E-state index >= 15 is 0 Å². The van der Waals surface area contributed by atoms with Crippen molar-refractivity contribution < 1.29 is 31.9 Å². The number of benzene rings is 1. The quantitative estimate of drug-likeness (QED) is 0.340. The van der Waals surface area contributed by atoms with Crippen LogP contribution in [0.2, 0.25) is 0 Å². The van der Waals surface area contributed by atoms with E-state index in [1.807, 2.05) is 11.8 Å². The van der Waals surface area contributed by atoms with Gasteiger partial charge in [-0.25, -0.2) is 12.8 Å². The number of rotatable bonds is 11. The number of carboxylic acids is 1. The number of hydrogen-bond donors (Lipinski definition) is 2. The van der Waals surface area contributed by atoms with Crippen LogP contribution in [0, 0.1) is 5.82 Å². The number of nitrogens with zero attached hydrogens (tertiary/aromatic N) is 3. The number of unbranched alkanes of at least 4 members (excludes halogenated alkanes) is 1. The summed E-state index contributed by atoms with van der Waals surface area (Å²) in [5, 5.41) is 12.4. The molecule has 0 aliphatic carbocycles. The van der Waals surface area contributed by atoms with Crippen molar-refractivity contribution in [3.8, 4) is 11.3 Å². The average Bonchev–Trinajstić information content (AvgIpc) is 3.51. The normalized spacial score (nSPS) is 16.1. The van der Waals surface area contributed by atoms with Crippen molar-refractivity contribution in [2.24, 2.45) is 0 Å². The first-order chi connectivity index (χ1) is 18.5. The van der Waals surface area contributed by atoms with Gasteiger partial charge >= 0.3 is 5.97 Å². The first kappa shape index (κ1) is 28.5. The Labute approximate surface area is 226 Å². The van der Waals surface area contributed by atoms with Crippen LogP contribution in [0.25, 0.3) is 22.4 Å². The monoisotopic (exact) mass is 560 g/mol. The number of furan rings is 1. The van der Waals surface area contributed by atoms with E-state index in [-0.39, 0.29) is 29.4 Å². The zero-order valence-electron chi connectivity index (χ0n) is 22.2. The molecule has 1 aromatic carbocycles. The van der Waals surface area contributed by atoms with Crippen LogP contribution in [0.1, 0.15) is 48.5 Å². The van der Waals surface area contributed by atoms with E-state index in [2.05, 4.69) is 10.3 Å². The maximum atomic E-state index is 13.5. The van der Waals surface area contributed by atoms with Crippen LogP contribution in [0.5, 0.6) is 0 Å². The Balaban J connectivity index is 1.68. The summed E-state index contributed by atoms with van der Waals surface area (Å²) in [5.74, 6) is -1.24. The molecule has 1 aliphatic heterocycles. The molecule has 1 atom stereocenters. The van der Waals surface area contributed by atoms with Crippen molar-refractivity contribution in [3.63, 3.8) is 0 Å². The molecular formula is C27H33FN4O6S. The number of carbonyl (C=O) groups is 2. The zero-order chi connectivity index (χ0) is 28.3. The highest BCUT2D eigenvalue weighted by Gasteiger charge is 2.30. The lowest BCUT2D eigenvalue weighted by molar-refractivity contribution is -0.142. The molecule has 0 spiro atoms. The Morgan fingerprint density at radius 2 is 1.97 bits per heavy atom. The largest absolute Gasteiger partial charge is 0.480 e. The topological polar surface area (TPSA) is 133 Å².